The number of rotatable bonds is 1. The van der Waals surface area contributed by atoms with Gasteiger partial charge >= 0.3 is 5.97 Å². The summed E-state index contributed by atoms with van der Waals surface area (Å²) in [7, 11) is 0. The Kier molecular flexibility index (Phi) is 3.02. The van der Waals surface area contributed by atoms with Crippen LogP contribution in [-0.4, -0.2) is 23.3 Å². The van der Waals surface area contributed by atoms with Crippen LogP contribution in [0, 0.1) is 28.1 Å². The van der Waals surface area contributed by atoms with Gasteiger partial charge in [-0.1, -0.05) is 39.3 Å². The Morgan fingerprint density at radius 1 is 1.30 bits per heavy atom. The lowest BCUT2D eigenvalue weighted by molar-refractivity contribution is -0.242. The molecule has 2 aliphatic heterocycles. The van der Waals surface area contributed by atoms with Crippen LogP contribution in [0.15, 0.2) is 24.3 Å². The van der Waals surface area contributed by atoms with Crippen molar-refractivity contribution < 1.29 is 14.6 Å². The normalized spacial score (nSPS) is 50.4. The van der Waals surface area contributed by atoms with E-state index in [1.165, 1.54) is 5.57 Å². The molecule has 2 bridgehead atoms. The molecule has 0 amide bonds. The highest BCUT2D eigenvalue weighted by Gasteiger charge is 2.71. The van der Waals surface area contributed by atoms with Gasteiger partial charge in [0, 0.05) is 17.3 Å². The smallest absolute Gasteiger partial charge is 0.313 e. The lowest BCUT2D eigenvalue weighted by Crippen LogP contribution is -2.70. The first-order valence-electron chi connectivity index (χ1n) is 9.01. The van der Waals surface area contributed by atoms with Crippen LogP contribution < -0.4 is 0 Å². The molecule has 4 fully saturated rings. The molecule has 1 N–H and O–H groups in total. The van der Waals surface area contributed by atoms with Crippen molar-refractivity contribution in [1.29, 1.82) is 0 Å². The van der Waals surface area contributed by atoms with E-state index in [0.29, 0.717) is 0 Å². The van der Waals surface area contributed by atoms with Crippen LogP contribution in [0.3, 0.4) is 0 Å². The Morgan fingerprint density at radius 2 is 2.04 bits per heavy atom. The summed E-state index contributed by atoms with van der Waals surface area (Å²) in [6, 6.07) is 0. The maximum atomic E-state index is 13.0. The second kappa shape index (κ2) is 4.50. The van der Waals surface area contributed by atoms with Gasteiger partial charge in [-0.15, -0.1) is 6.58 Å². The lowest BCUT2D eigenvalue weighted by Gasteiger charge is -2.65. The van der Waals surface area contributed by atoms with E-state index in [-0.39, 0.29) is 28.6 Å². The Hall–Kier alpha value is -1.09. The zero-order valence-corrected chi connectivity index (χ0v) is 14.5. The number of hydrogen-bond donors (Lipinski definition) is 1. The predicted molar refractivity (Wildman–Crippen MR) is 88.6 cm³/mol. The van der Waals surface area contributed by atoms with Gasteiger partial charge in [-0.2, -0.15) is 0 Å². The van der Waals surface area contributed by atoms with E-state index in [9.17, 15) is 9.90 Å². The van der Waals surface area contributed by atoms with Gasteiger partial charge in [0.25, 0.3) is 0 Å². The average Bonchev–Trinajstić information content (AvgIpc) is 2.49. The number of fused-ring (bicyclic) bond motifs is 1. The van der Waals surface area contributed by atoms with E-state index in [1.54, 1.807) is 0 Å². The Morgan fingerprint density at radius 3 is 2.74 bits per heavy atom. The molecule has 6 unspecified atom stereocenters. The van der Waals surface area contributed by atoms with Crippen molar-refractivity contribution in [1.82, 2.24) is 0 Å². The molecule has 0 aromatic carbocycles. The third kappa shape index (κ3) is 1.77. The van der Waals surface area contributed by atoms with E-state index in [1.807, 2.05) is 6.08 Å². The number of allylic oxidation sites excluding steroid dienone is 2. The molecule has 3 aliphatic carbocycles. The maximum Gasteiger partial charge on any atom is 0.313 e. The fourth-order valence-corrected chi connectivity index (χ4v) is 6.28. The molecule has 1 spiro atoms. The SMILES string of the molecule is C=CC1(C)C=C2C3OC(=O)C4(CCCC(C)(C)C4C3O)C2CC1. The molecule has 6 atom stereocenters. The molecule has 3 nitrogen and oxygen atoms in total. The molecule has 0 aromatic rings. The highest BCUT2D eigenvalue weighted by Crippen LogP contribution is 2.67. The third-order valence-corrected chi connectivity index (χ3v) is 7.36. The second-order valence-electron chi connectivity index (χ2n) is 9.12. The molecule has 3 heteroatoms. The van der Waals surface area contributed by atoms with Gasteiger partial charge in [-0.3, -0.25) is 4.79 Å². The molecule has 23 heavy (non-hydrogen) atoms. The zero-order chi connectivity index (χ0) is 16.6. The summed E-state index contributed by atoms with van der Waals surface area (Å²) >= 11 is 0. The van der Waals surface area contributed by atoms with Crippen molar-refractivity contribution in [3.05, 3.63) is 24.3 Å². The van der Waals surface area contributed by atoms with Gasteiger partial charge < -0.3 is 9.84 Å². The summed E-state index contributed by atoms with van der Waals surface area (Å²) in [5.74, 6) is 0.218. The van der Waals surface area contributed by atoms with Crippen LogP contribution in [0.2, 0.25) is 0 Å². The molecule has 0 radical (unpaired) electrons. The highest BCUT2D eigenvalue weighted by molar-refractivity contribution is 5.82. The Bertz CT molecular complexity index is 604. The van der Waals surface area contributed by atoms with E-state index < -0.39 is 17.6 Å². The van der Waals surface area contributed by atoms with Gasteiger partial charge in [0.15, 0.2) is 0 Å². The minimum absolute atomic E-state index is 0.0138. The Labute approximate surface area is 138 Å². The van der Waals surface area contributed by atoms with E-state index in [0.717, 1.165) is 32.1 Å². The third-order valence-electron chi connectivity index (χ3n) is 7.36. The first-order valence-corrected chi connectivity index (χ1v) is 9.01. The number of ether oxygens (including phenoxy) is 1. The minimum Gasteiger partial charge on any atom is -0.455 e. The molecule has 126 valence electrons. The van der Waals surface area contributed by atoms with Crippen molar-refractivity contribution in [2.24, 2.45) is 28.1 Å². The molecule has 5 rings (SSSR count). The molecular weight excluding hydrogens is 288 g/mol. The van der Waals surface area contributed by atoms with E-state index in [4.69, 9.17) is 4.74 Å². The van der Waals surface area contributed by atoms with Gasteiger partial charge in [0.1, 0.15) is 6.10 Å². The number of carbonyl (C=O) groups is 1. The summed E-state index contributed by atoms with van der Waals surface area (Å²) in [4.78, 5) is 13.0. The van der Waals surface area contributed by atoms with Crippen LogP contribution in [0.5, 0.6) is 0 Å². The fraction of sp³-hybridized carbons (Fsp3) is 0.750. The van der Waals surface area contributed by atoms with Gasteiger partial charge in [0.2, 0.25) is 0 Å². The molecule has 2 heterocycles. The highest BCUT2D eigenvalue weighted by atomic mass is 16.6. The second-order valence-corrected chi connectivity index (χ2v) is 9.12. The topological polar surface area (TPSA) is 46.5 Å². The largest absolute Gasteiger partial charge is 0.455 e. The molecule has 5 aliphatic rings. The van der Waals surface area contributed by atoms with Gasteiger partial charge in [-0.25, -0.2) is 0 Å². The predicted octanol–water partition coefficient (Wildman–Crippen LogP) is 3.63. The fourth-order valence-electron chi connectivity index (χ4n) is 6.28. The first kappa shape index (κ1) is 15.4. The maximum absolute atomic E-state index is 13.0. The van der Waals surface area contributed by atoms with Crippen molar-refractivity contribution in [2.75, 3.05) is 0 Å². The van der Waals surface area contributed by atoms with Crippen LogP contribution in [0.4, 0.5) is 0 Å². The first-order chi connectivity index (χ1) is 10.8. The molecular formula is C20H28O3. The molecule has 0 aromatic heterocycles. The van der Waals surface area contributed by atoms with Crippen molar-refractivity contribution in [3.8, 4) is 0 Å². The lowest BCUT2D eigenvalue weighted by atomic mass is 9.42. The summed E-state index contributed by atoms with van der Waals surface area (Å²) in [6.45, 7) is 10.6. The summed E-state index contributed by atoms with van der Waals surface area (Å²) < 4.78 is 5.77. The van der Waals surface area contributed by atoms with Crippen LogP contribution in [0.25, 0.3) is 0 Å². The molecule has 2 saturated carbocycles. The van der Waals surface area contributed by atoms with Gasteiger partial charge in [-0.05, 0) is 36.7 Å². The quantitative estimate of drug-likeness (QED) is 0.593. The van der Waals surface area contributed by atoms with E-state index in [2.05, 4.69) is 33.4 Å². The number of esters is 1. The zero-order valence-electron chi connectivity index (χ0n) is 14.5. The number of aliphatic hydroxyl groups excluding tert-OH is 1. The summed E-state index contributed by atoms with van der Waals surface area (Å²) in [5.41, 5.74) is 0.593. The monoisotopic (exact) mass is 316 g/mol. The standard InChI is InChI=1S/C20H28O3/c1-5-19(4)10-7-13-12(11-19)15-14(21)16-18(2,3)8-6-9-20(13,16)17(22)23-15/h5,11,13-16,21H,1,6-10H2,2-4H3. The van der Waals surface area contributed by atoms with Gasteiger partial charge in [0.05, 0.1) is 11.5 Å². The van der Waals surface area contributed by atoms with Crippen molar-refractivity contribution in [3.63, 3.8) is 0 Å². The number of aliphatic hydroxyl groups is 1. The van der Waals surface area contributed by atoms with Crippen LogP contribution in [0.1, 0.15) is 52.9 Å². The summed E-state index contributed by atoms with van der Waals surface area (Å²) in [6.07, 6.45) is 8.21. The Balaban J connectivity index is 1.89. The van der Waals surface area contributed by atoms with Crippen molar-refractivity contribution >= 4 is 5.97 Å². The van der Waals surface area contributed by atoms with E-state index >= 15 is 0 Å². The van der Waals surface area contributed by atoms with Crippen molar-refractivity contribution in [2.45, 2.75) is 65.1 Å². The number of hydrogen-bond acceptors (Lipinski definition) is 3. The number of carbonyl (C=O) groups excluding carboxylic acids is 1. The average molecular weight is 316 g/mol. The van der Waals surface area contributed by atoms with Crippen LogP contribution in [-0.2, 0) is 9.53 Å². The van der Waals surface area contributed by atoms with Crippen LogP contribution >= 0.6 is 0 Å². The minimum atomic E-state index is -0.572. The molecule has 2 saturated heterocycles. The summed E-state index contributed by atoms with van der Waals surface area (Å²) in [5, 5.41) is 11.1.